The summed E-state index contributed by atoms with van der Waals surface area (Å²) in [6.07, 6.45) is -0.231. The number of carbonyl (C=O) groups is 1. The van der Waals surface area contributed by atoms with Crippen molar-refractivity contribution in [1.82, 2.24) is 4.90 Å². The van der Waals surface area contributed by atoms with Crippen molar-refractivity contribution in [3.63, 3.8) is 0 Å². The Balaban J connectivity index is 2.23. The molecule has 1 rings (SSSR count). The van der Waals surface area contributed by atoms with Crippen molar-refractivity contribution in [3.05, 3.63) is 0 Å². The van der Waals surface area contributed by atoms with Crippen LogP contribution < -0.4 is 0 Å². The first-order valence-corrected chi connectivity index (χ1v) is 5.40. The standard InChI is InChI=1S/C9H17NO3S/c1-9(2,3)13-8(11)10-5-7(6-10)14-12-4/h7H,5-6H2,1-4H3. The summed E-state index contributed by atoms with van der Waals surface area (Å²) in [6, 6.07) is 0. The predicted molar refractivity (Wildman–Crippen MR) is 56.2 cm³/mol. The maximum Gasteiger partial charge on any atom is 0.410 e. The van der Waals surface area contributed by atoms with E-state index in [1.807, 2.05) is 20.8 Å². The zero-order valence-electron chi connectivity index (χ0n) is 9.07. The van der Waals surface area contributed by atoms with E-state index in [1.54, 1.807) is 12.0 Å². The molecule has 0 radical (unpaired) electrons. The van der Waals surface area contributed by atoms with Gasteiger partial charge < -0.3 is 13.8 Å². The summed E-state index contributed by atoms with van der Waals surface area (Å²) in [7, 11) is 1.64. The van der Waals surface area contributed by atoms with Crippen LogP contribution in [0.25, 0.3) is 0 Å². The predicted octanol–water partition coefficient (Wildman–Crippen LogP) is 1.90. The molecule has 0 aromatic rings. The molecule has 4 nitrogen and oxygen atoms in total. The van der Waals surface area contributed by atoms with Crippen LogP contribution in [-0.4, -0.2) is 42.0 Å². The highest BCUT2D eigenvalue weighted by Crippen LogP contribution is 2.24. The van der Waals surface area contributed by atoms with Crippen LogP contribution in [-0.2, 0) is 8.92 Å². The van der Waals surface area contributed by atoms with Crippen molar-refractivity contribution < 1.29 is 13.7 Å². The monoisotopic (exact) mass is 219 g/mol. The Hall–Kier alpha value is -0.420. The van der Waals surface area contributed by atoms with Crippen molar-refractivity contribution in [3.8, 4) is 0 Å². The largest absolute Gasteiger partial charge is 0.444 e. The molecule has 0 N–H and O–H groups in total. The molecule has 1 aliphatic heterocycles. The summed E-state index contributed by atoms with van der Waals surface area (Å²) in [4.78, 5) is 13.1. The lowest BCUT2D eigenvalue weighted by Crippen LogP contribution is -2.53. The minimum Gasteiger partial charge on any atom is -0.444 e. The quantitative estimate of drug-likeness (QED) is 0.665. The van der Waals surface area contributed by atoms with Gasteiger partial charge in [-0.15, -0.1) is 0 Å². The molecule has 1 amide bonds. The van der Waals surface area contributed by atoms with Gasteiger partial charge in [-0.2, -0.15) is 0 Å². The summed E-state index contributed by atoms with van der Waals surface area (Å²) in [5, 5.41) is 0.396. The Labute approximate surface area is 89.1 Å². The Bertz CT molecular complexity index is 209. The topological polar surface area (TPSA) is 38.8 Å². The molecule has 0 atom stereocenters. The summed E-state index contributed by atoms with van der Waals surface area (Å²) < 4.78 is 10.1. The first kappa shape index (κ1) is 11.7. The average molecular weight is 219 g/mol. The third kappa shape index (κ3) is 3.38. The maximum atomic E-state index is 11.4. The number of carbonyl (C=O) groups excluding carboxylic acids is 1. The highest BCUT2D eigenvalue weighted by molar-refractivity contribution is 7.95. The summed E-state index contributed by atoms with van der Waals surface area (Å²) in [5.74, 6) is 0. The second-order valence-corrected chi connectivity index (χ2v) is 5.46. The molecule has 5 heteroatoms. The first-order valence-electron chi connectivity index (χ1n) is 4.60. The summed E-state index contributed by atoms with van der Waals surface area (Å²) in [5.41, 5.74) is -0.406. The number of hydrogen-bond acceptors (Lipinski definition) is 4. The molecule has 0 aromatic heterocycles. The van der Waals surface area contributed by atoms with Crippen LogP contribution in [0.5, 0.6) is 0 Å². The van der Waals surface area contributed by atoms with Crippen LogP contribution in [0.3, 0.4) is 0 Å². The van der Waals surface area contributed by atoms with E-state index in [9.17, 15) is 4.79 Å². The van der Waals surface area contributed by atoms with Gasteiger partial charge >= 0.3 is 6.09 Å². The van der Waals surface area contributed by atoms with Gasteiger partial charge in [0.25, 0.3) is 0 Å². The van der Waals surface area contributed by atoms with Crippen molar-refractivity contribution in [1.29, 1.82) is 0 Å². The molecule has 82 valence electrons. The van der Waals surface area contributed by atoms with E-state index < -0.39 is 5.60 Å². The third-order valence-corrected chi connectivity index (χ3v) is 2.49. The Kier molecular flexibility index (Phi) is 3.66. The van der Waals surface area contributed by atoms with E-state index in [1.165, 1.54) is 12.0 Å². The number of ether oxygens (including phenoxy) is 1. The molecule has 0 unspecified atom stereocenters. The number of hydrogen-bond donors (Lipinski definition) is 0. The number of amides is 1. The zero-order chi connectivity index (χ0) is 10.8. The van der Waals surface area contributed by atoms with Crippen LogP contribution in [0.2, 0.25) is 0 Å². The van der Waals surface area contributed by atoms with Gasteiger partial charge in [-0.25, -0.2) is 4.79 Å². The second-order valence-electron chi connectivity index (χ2n) is 4.27. The van der Waals surface area contributed by atoms with Gasteiger partial charge in [0.1, 0.15) is 5.60 Å². The van der Waals surface area contributed by atoms with E-state index in [0.29, 0.717) is 18.3 Å². The smallest absolute Gasteiger partial charge is 0.410 e. The number of likely N-dealkylation sites (tertiary alicyclic amines) is 1. The highest BCUT2D eigenvalue weighted by atomic mass is 32.2. The fourth-order valence-corrected chi connectivity index (χ4v) is 1.86. The number of nitrogens with zero attached hydrogens (tertiary/aromatic N) is 1. The van der Waals surface area contributed by atoms with Crippen LogP contribution in [0.15, 0.2) is 0 Å². The molecule has 1 heterocycles. The van der Waals surface area contributed by atoms with Gasteiger partial charge in [0.15, 0.2) is 0 Å². The van der Waals surface area contributed by atoms with Crippen molar-refractivity contribution in [2.75, 3.05) is 20.2 Å². The van der Waals surface area contributed by atoms with Gasteiger partial charge in [0.2, 0.25) is 0 Å². The average Bonchev–Trinajstić information content (AvgIpc) is 1.91. The van der Waals surface area contributed by atoms with Crippen molar-refractivity contribution in [2.45, 2.75) is 31.6 Å². The first-order chi connectivity index (χ1) is 6.42. The lowest BCUT2D eigenvalue weighted by atomic mass is 10.2. The number of rotatable bonds is 2. The Morgan fingerprint density at radius 3 is 2.43 bits per heavy atom. The maximum absolute atomic E-state index is 11.4. The van der Waals surface area contributed by atoms with E-state index >= 15 is 0 Å². The van der Waals surface area contributed by atoms with E-state index in [-0.39, 0.29) is 6.09 Å². The molecule has 14 heavy (non-hydrogen) atoms. The van der Waals surface area contributed by atoms with Crippen molar-refractivity contribution >= 4 is 18.1 Å². The molecule has 1 aliphatic rings. The molecule has 0 aliphatic carbocycles. The van der Waals surface area contributed by atoms with Crippen LogP contribution in [0.4, 0.5) is 4.79 Å². The van der Waals surface area contributed by atoms with Gasteiger partial charge in [-0.05, 0) is 32.8 Å². The van der Waals surface area contributed by atoms with Gasteiger partial charge in [0.05, 0.1) is 12.4 Å². The minimum atomic E-state index is -0.406. The van der Waals surface area contributed by atoms with E-state index in [2.05, 4.69) is 0 Å². The van der Waals surface area contributed by atoms with Crippen LogP contribution in [0, 0.1) is 0 Å². The Morgan fingerprint density at radius 1 is 1.43 bits per heavy atom. The lowest BCUT2D eigenvalue weighted by molar-refractivity contribution is 0.0141. The summed E-state index contributed by atoms with van der Waals surface area (Å²) in [6.45, 7) is 7.03. The fraction of sp³-hybridized carbons (Fsp3) is 0.889. The van der Waals surface area contributed by atoms with Gasteiger partial charge in [-0.1, -0.05) is 0 Å². The van der Waals surface area contributed by atoms with Crippen molar-refractivity contribution in [2.24, 2.45) is 0 Å². The highest BCUT2D eigenvalue weighted by Gasteiger charge is 2.34. The minimum absolute atomic E-state index is 0.231. The van der Waals surface area contributed by atoms with E-state index in [0.717, 1.165) is 0 Å². The normalized spacial score (nSPS) is 17.9. The molecular formula is C9H17NO3S. The van der Waals surface area contributed by atoms with E-state index in [4.69, 9.17) is 8.92 Å². The molecule has 0 bridgehead atoms. The molecule has 0 aromatic carbocycles. The fourth-order valence-electron chi connectivity index (χ4n) is 1.11. The molecule has 1 fully saturated rings. The third-order valence-electron chi connectivity index (χ3n) is 1.73. The van der Waals surface area contributed by atoms with Gasteiger partial charge in [-0.3, -0.25) is 0 Å². The molecule has 0 spiro atoms. The Morgan fingerprint density at radius 2 is 2.00 bits per heavy atom. The second kappa shape index (κ2) is 4.40. The molecular weight excluding hydrogens is 202 g/mol. The molecule has 1 saturated heterocycles. The van der Waals surface area contributed by atoms with Gasteiger partial charge in [0, 0.05) is 13.1 Å². The molecule has 0 saturated carbocycles. The van der Waals surface area contributed by atoms with Crippen LogP contribution in [0.1, 0.15) is 20.8 Å². The lowest BCUT2D eigenvalue weighted by Gasteiger charge is -2.38. The summed E-state index contributed by atoms with van der Waals surface area (Å²) >= 11 is 1.41. The SMILES string of the molecule is COSC1CN(C(=O)OC(C)(C)C)C1. The zero-order valence-corrected chi connectivity index (χ0v) is 9.89. The van der Waals surface area contributed by atoms with Crippen LogP contribution >= 0.6 is 12.0 Å².